The molecule has 4 fully saturated rings. The van der Waals surface area contributed by atoms with E-state index in [4.69, 9.17) is 20.8 Å². The van der Waals surface area contributed by atoms with E-state index in [1.54, 1.807) is 6.92 Å². The van der Waals surface area contributed by atoms with E-state index in [0.717, 1.165) is 38.5 Å². The van der Waals surface area contributed by atoms with Gasteiger partial charge in [-0.05, 0) is 101 Å². The monoisotopic (exact) mass is 860 g/mol. The van der Waals surface area contributed by atoms with Gasteiger partial charge in [-0.2, -0.15) is 0 Å². The molecule has 61 heavy (non-hydrogen) atoms. The third-order valence-corrected chi connectivity index (χ3v) is 14.0. The highest BCUT2D eigenvalue weighted by atomic mass is 16.7. The largest absolute Gasteiger partial charge is 0.461 e. The van der Waals surface area contributed by atoms with Crippen molar-refractivity contribution in [1.82, 2.24) is 16.0 Å². The van der Waals surface area contributed by atoms with Gasteiger partial charge in [0.2, 0.25) is 17.7 Å². The van der Waals surface area contributed by atoms with Crippen LogP contribution in [0, 0.1) is 29.1 Å². The first-order chi connectivity index (χ1) is 28.9. The van der Waals surface area contributed by atoms with E-state index in [1.165, 1.54) is 26.2 Å². The molecule has 1 saturated heterocycles. The maximum absolute atomic E-state index is 13.8. The Morgan fingerprint density at radius 2 is 1.41 bits per heavy atom. The zero-order valence-electron chi connectivity index (χ0n) is 38.7. The van der Waals surface area contributed by atoms with Crippen molar-refractivity contribution in [1.29, 1.82) is 0 Å². The summed E-state index contributed by atoms with van der Waals surface area (Å²) in [5.74, 6) is -3.20. The van der Waals surface area contributed by atoms with Crippen LogP contribution in [0.25, 0.3) is 0 Å². The van der Waals surface area contributed by atoms with E-state index < -0.39 is 60.3 Å². The molecular formula is C46H82BN5O9. The van der Waals surface area contributed by atoms with Gasteiger partial charge in [0.1, 0.15) is 6.04 Å². The van der Waals surface area contributed by atoms with E-state index in [-0.39, 0.29) is 60.6 Å². The van der Waals surface area contributed by atoms with Crippen LogP contribution in [-0.2, 0) is 38.1 Å². The molecule has 14 nitrogen and oxygen atoms in total. The lowest BCUT2D eigenvalue weighted by Gasteiger charge is -2.64. The normalized spacial score (nSPS) is 24.3. The minimum Gasteiger partial charge on any atom is -0.405 e. The summed E-state index contributed by atoms with van der Waals surface area (Å²) >= 11 is 0. The molecule has 2 bridgehead atoms. The number of unbranched alkanes of at least 4 members (excludes halogenated alkanes) is 8. The SMILES string of the molecule is CCCCCCCCCC(=O)NCC(=O)C[C@@H](CCCCN)C(=O)N[C@H](C(=O)C[C@@H](C)C(=O)N[C@@H](CCCCN)C(=O)C[C@@H](C)B1O[C@@H]2C[C@@H]3C[C@@H](C3(C)C)[C@]2(C)O1)[C@@H](C)O. The van der Waals surface area contributed by atoms with Crippen molar-refractivity contribution in [2.24, 2.45) is 40.6 Å². The molecule has 0 unspecified atom stereocenters. The average molecular weight is 860 g/mol. The molecule has 15 heteroatoms. The molecule has 10 atom stereocenters. The first-order valence-corrected chi connectivity index (χ1v) is 23.7. The molecule has 0 aromatic heterocycles. The van der Waals surface area contributed by atoms with Crippen LogP contribution < -0.4 is 27.4 Å². The Labute approximate surface area is 366 Å². The Balaban J connectivity index is 1.54. The van der Waals surface area contributed by atoms with Crippen molar-refractivity contribution in [3.05, 3.63) is 0 Å². The molecule has 8 N–H and O–H groups in total. The van der Waals surface area contributed by atoms with Crippen LogP contribution in [0.5, 0.6) is 0 Å². The minimum atomic E-state index is -1.33. The van der Waals surface area contributed by atoms with Gasteiger partial charge in [-0.25, -0.2) is 0 Å². The van der Waals surface area contributed by atoms with Crippen LogP contribution in [-0.4, -0.2) is 96.8 Å². The van der Waals surface area contributed by atoms with Crippen molar-refractivity contribution in [2.45, 2.75) is 206 Å². The molecule has 1 aliphatic heterocycles. The number of ketones is 3. The number of nitrogens with two attached hydrogens (primary N) is 2. The van der Waals surface area contributed by atoms with Crippen LogP contribution in [0.3, 0.4) is 0 Å². The van der Waals surface area contributed by atoms with Crippen molar-refractivity contribution >= 4 is 42.2 Å². The van der Waals surface area contributed by atoms with Crippen LogP contribution in [0.4, 0.5) is 0 Å². The molecule has 3 saturated carbocycles. The number of Topliss-reactive ketones (excluding diaryl/α,β-unsaturated/α-hetero) is 3. The Morgan fingerprint density at radius 3 is 2.03 bits per heavy atom. The van der Waals surface area contributed by atoms with Gasteiger partial charge in [-0.15, -0.1) is 0 Å². The molecule has 3 amide bonds. The van der Waals surface area contributed by atoms with E-state index >= 15 is 0 Å². The van der Waals surface area contributed by atoms with Crippen LogP contribution in [0.15, 0.2) is 0 Å². The van der Waals surface area contributed by atoms with Crippen molar-refractivity contribution in [2.75, 3.05) is 19.6 Å². The van der Waals surface area contributed by atoms with Gasteiger partial charge in [0, 0.05) is 37.5 Å². The lowest BCUT2D eigenvalue weighted by Crippen LogP contribution is -2.65. The maximum Gasteiger partial charge on any atom is 0.461 e. The molecule has 0 aromatic carbocycles. The lowest BCUT2D eigenvalue weighted by molar-refractivity contribution is -0.199. The van der Waals surface area contributed by atoms with E-state index in [9.17, 15) is 33.9 Å². The predicted molar refractivity (Wildman–Crippen MR) is 238 cm³/mol. The number of nitrogens with one attached hydrogen (secondary N) is 3. The number of amides is 3. The smallest absolute Gasteiger partial charge is 0.405 e. The summed E-state index contributed by atoms with van der Waals surface area (Å²) in [7, 11) is -0.526. The number of hydrogen-bond donors (Lipinski definition) is 6. The summed E-state index contributed by atoms with van der Waals surface area (Å²) < 4.78 is 13.0. The zero-order valence-corrected chi connectivity index (χ0v) is 38.7. The van der Waals surface area contributed by atoms with E-state index in [0.29, 0.717) is 69.9 Å². The number of carbonyl (C=O) groups excluding carboxylic acids is 6. The highest BCUT2D eigenvalue weighted by Crippen LogP contribution is 2.66. The van der Waals surface area contributed by atoms with E-state index in [1.807, 2.05) is 6.92 Å². The van der Waals surface area contributed by atoms with Gasteiger partial charge in [0.25, 0.3) is 0 Å². The first kappa shape index (κ1) is 52.6. The fourth-order valence-corrected chi connectivity index (χ4v) is 9.82. The zero-order chi connectivity index (χ0) is 45.3. The molecule has 0 spiro atoms. The number of hydrogen-bond acceptors (Lipinski definition) is 11. The number of carbonyl (C=O) groups is 6. The Kier molecular flexibility index (Phi) is 22.0. The van der Waals surface area contributed by atoms with Crippen molar-refractivity contribution < 1.29 is 43.2 Å². The Hall–Kier alpha value is -2.72. The molecule has 348 valence electrons. The van der Waals surface area contributed by atoms with Gasteiger partial charge in [-0.1, -0.05) is 79.6 Å². The van der Waals surface area contributed by atoms with Crippen molar-refractivity contribution in [3.8, 4) is 0 Å². The molecule has 4 aliphatic rings. The summed E-state index contributed by atoms with van der Waals surface area (Å²) in [6, 6.07) is -2.12. The van der Waals surface area contributed by atoms with Crippen LogP contribution in [0.2, 0.25) is 5.82 Å². The van der Waals surface area contributed by atoms with Crippen LogP contribution >= 0.6 is 0 Å². The van der Waals surface area contributed by atoms with Gasteiger partial charge in [-0.3, -0.25) is 28.8 Å². The fraction of sp³-hybridized carbons (Fsp3) is 0.870. The molecule has 0 aromatic rings. The van der Waals surface area contributed by atoms with Gasteiger partial charge in [0.15, 0.2) is 17.3 Å². The first-order valence-electron chi connectivity index (χ1n) is 23.7. The molecule has 0 radical (unpaired) electrons. The Bertz CT molecular complexity index is 1450. The molecule has 4 rings (SSSR count). The second-order valence-corrected chi connectivity index (χ2v) is 19.5. The highest BCUT2D eigenvalue weighted by Gasteiger charge is 2.68. The topological polar surface area (TPSA) is 229 Å². The maximum atomic E-state index is 13.8. The summed E-state index contributed by atoms with van der Waals surface area (Å²) in [5.41, 5.74) is 11.2. The van der Waals surface area contributed by atoms with Gasteiger partial charge >= 0.3 is 7.12 Å². The second kappa shape index (κ2) is 25.5. The summed E-state index contributed by atoms with van der Waals surface area (Å²) in [6.07, 6.45) is 11.6. The highest BCUT2D eigenvalue weighted by molar-refractivity contribution is 6.47. The predicted octanol–water partition coefficient (Wildman–Crippen LogP) is 5.10. The lowest BCUT2D eigenvalue weighted by atomic mass is 9.43. The summed E-state index contributed by atoms with van der Waals surface area (Å²) in [6.45, 7) is 14.5. The number of rotatable bonds is 32. The quantitative estimate of drug-likeness (QED) is 0.0385. The number of aliphatic hydroxyl groups is 1. The van der Waals surface area contributed by atoms with Gasteiger partial charge < -0.3 is 41.8 Å². The summed E-state index contributed by atoms with van der Waals surface area (Å²) in [4.78, 5) is 80.0. The van der Waals surface area contributed by atoms with Gasteiger partial charge in [0.05, 0.1) is 30.4 Å². The van der Waals surface area contributed by atoms with Crippen LogP contribution in [0.1, 0.15) is 170 Å². The van der Waals surface area contributed by atoms with Crippen molar-refractivity contribution in [3.63, 3.8) is 0 Å². The molecule has 3 aliphatic carbocycles. The second-order valence-electron chi connectivity index (χ2n) is 19.5. The third-order valence-electron chi connectivity index (χ3n) is 14.0. The third kappa shape index (κ3) is 15.5. The van der Waals surface area contributed by atoms with E-state index in [2.05, 4.69) is 43.6 Å². The minimum absolute atomic E-state index is 0.00601. The summed E-state index contributed by atoms with van der Waals surface area (Å²) in [5, 5.41) is 18.9. The fourth-order valence-electron chi connectivity index (χ4n) is 9.82. The Morgan fingerprint density at radius 1 is 0.770 bits per heavy atom. The molecule has 1 heterocycles. The average Bonchev–Trinajstić information content (AvgIpc) is 3.58. The number of aliphatic hydroxyl groups excluding tert-OH is 1. The molecular weight excluding hydrogens is 777 g/mol. The standard InChI is InChI=1S/C46H82BN5O9/c1-8-9-10-11-12-13-14-21-41(57)50-29-35(54)26-33(19-15-17-22-48)44(59)52-42(32(4)53)38(56)24-30(2)43(58)51-36(20-16-18-23-49)37(55)25-31(3)47-60-40-28-34-27-39(45(34,5)6)46(40,7)61-47/h30-34,36,39-40,42,53H,8-29,48-49H2,1-7H3,(H,50,57)(H,51,58)(H,52,59)/t30-,31-,32-,33-,34+,36+,39+,40-,42+,46+/m1/s1.